The summed E-state index contributed by atoms with van der Waals surface area (Å²) in [5.41, 5.74) is 13.9. The van der Waals surface area contributed by atoms with Gasteiger partial charge in [0, 0.05) is 40.4 Å². The van der Waals surface area contributed by atoms with Crippen LogP contribution in [0.1, 0.15) is 22.4 Å². The molecule has 3 aromatic heterocycles. The van der Waals surface area contributed by atoms with Crippen LogP contribution >= 0.6 is 0 Å². The van der Waals surface area contributed by atoms with Crippen molar-refractivity contribution in [3.05, 3.63) is 180 Å². The van der Waals surface area contributed by atoms with E-state index in [1.165, 1.54) is 0 Å². The summed E-state index contributed by atoms with van der Waals surface area (Å²) >= 11 is 0. The number of allylic oxidation sites excluding steroid dienone is 3. The molecule has 3 N–H and O–H groups in total. The number of nitrogens with zero attached hydrogens (tertiary/aromatic N) is 3. The van der Waals surface area contributed by atoms with Gasteiger partial charge in [0.05, 0.1) is 45.4 Å². The lowest BCUT2D eigenvalue weighted by atomic mass is 9.82. The molecule has 6 nitrogen and oxygen atoms in total. The second-order valence-corrected chi connectivity index (χ2v) is 12.8. The number of rotatable bonds is 6. The number of dihydropyridines is 1. The van der Waals surface area contributed by atoms with Crippen molar-refractivity contribution in [2.75, 3.05) is 6.54 Å². The Bertz CT molecular complexity index is 2620. The fourth-order valence-corrected chi connectivity index (χ4v) is 6.98. The van der Waals surface area contributed by atoms with Gasteiger partial charge in [-0.15, -0.1) is 0 Å². The molecule has 7 aromatic rings. The van der Waals surface area contributed by atoms with Gasteiger partial charge in [0.1, 0.15) is 0 Å². The Morgan fingerprint density at radius 2 is 1.25 bits per heavy atom. The first-order valence-electron chi connectivity index (χ1n) is 17.2. The van der Waals surface area contributed by atoms with E-state index in [0.29, 0.717) is 0 Å². The highest BCUT2D eigenvalue weighted by Gasteiger charge is 2.28. The number of nitrogens with one attached hydrogen (secondary N) is 3. The molecule has 4 heterocycles. The van der Waals surface area contributed by atoms with Crippen LogP contribution in [-0.2, 0) is 0 Å². The molecule has 0 unspecified atom stereocenters. The van der Waals surface area contributed by atoms with E-state index >= 15 is 0 Å². The first-order chi connectivity index (χ1) is 25.6. The molecule has 0 spiro atoms. The predicted molar refractivity (Wildman–Crippen MR) is 213 cm³/mol. The highest BCUT2D eigenvalue weighted by atomic mass is 14.9. The van der Waals surface area contributed by atoms with Crippen LogP contribution in [0.25, 0.3) is 73.1 Å². The van der Waals surface area contributed by atoms with Crippen LogP contribution in [0.2, 0.25) is 0 Å². The molecule has 52 heavy (non-hydrogen) atoms. The third-order valence-electron chi connectivity index (χ3n) is 9.60. The van der Waals surface area contributed by atoms with E-state index in [-0.39, 0.29) is 11.4 Å². The van der Waals surface area contributed by atoms with Gasteiger partial charge in [-0.05, 0) is 70.3 Å². The number of hydrogen-bond donors (Lipinski definition) is 3. The number of aromatic nitrogens is 3. The summed E-state index contributed by atoms with van der Waals surface area (Å²) in [4.78, 5) is 14.8. The summed E-state index contributed by atoms with van der Waals surface area (Å²) in [6, 6.07) is 44.9. The molecule has 4 aromatic carbocycles. The van der Waals surface area contributed by atoms with Gasteiger partial charge < -0.3 is 5.32 Å². The van der Waals surface area contributed by atoms with E-state index in [4.69, 9.17) is 15.4 Å². The lowest BCUT2D eigenvalue weighted by molar-refractivity contribution is 0.981. The summed E-state index contributed by atoms with van der Waals surface area (Å²) in [6.45, 7) is 0.761. The molecule has 2 aliphatic rings. The first kappa shape index (κ1) is 31.0. The van der Waals surface area contributed by atoms with E-state index in [0.717, 1.165) is 96.0 Å². The summed E-state index contributed by atoms with van der Waals surface area (Å²) in [7, 11) is 0. The Hall–Kier alpha value is -7.05. The number of hydrogen-bond acceptors (Lipinski definition) is 6. The van der Waals surface area contributed by atoms with Crippen LogP contribution in [-0.4, -0.2) is 32.9 Å². The van der Waals surface area contributed by atoms with E-state index in [9.17, 15) is 5.41 Å². The van der Waals surface area contributed by atoms with Crippen LogP contribution in [0.3, 0.4) is 0 Å². The maximum atomic E-state index is 9.26. The van der Waals surface area contributed by atoms with Crippen molar-refractivity contribution in [1.29, 1.82) is 10.8 Å². The molecule has 6 heteroatoms. The van der Waals surface area contributed by atoms with Crippen LogP contribution < -0.4 is 5.32 Å². The average Bonchev–Trinajstić information content (AvgIpc) is 3.22. The van der Waals surface area contributed by atoms with Crippen molar-refractivity contribution in [2.24, 2.45) is 0 Å². The predicted octanol–water partition coefficient (Wildman–Crippen LogP) is 10.1. The monoisotopic (exact) mass is 668 g/mol. The molecule has 0 saturated heterocycles. The van der Waals surface area contributed by atoms with Gasteiger partial charge >= 0.3 is 0 Å². The SMILES string of the molecule is N=C1C(=N)c2c(c(-c3ccccc3)nc3cc(-c4ccc(-c5cc(C6=CC=CCN6)nc(-c6ccccn6)c5)cc4)ccc23)C=C1c1ccccc1. The van der Waals surface area contributed by atoms with Crippen LogP contribution in [0.4, 0.5) is 0 Å². The van der Waals surface area contributed by atoms with Gasteiger partial charge in [-0.25, -0.2) is 9.97 Å². The van der Waals surface area contributed by atoms with Crippen molar-refractivity contribution in [3.8, 4) is 44.9 Å². The summed E-state index contributed by atoms with van der Waals surface area (Å²) in [5.74, 6) is 0. The third-order valence-corrected chi connectivity index (χ3v) is 9.60. The highest BCUT2D eigenvalue weighted by molar-refractivity contribution is 6.64. The number of benzene rings is 4. The Labute approximate surface area is 301 Å². The molecule has 9 rings (SSSR count). The normalized spacial score (nSPS) is 13.7. The van der Waals surface area contributed by atoms with E-state index < -0.39 is 0 Å². The number of pyridine rings is 3. The largest absolute Gasteiger partial charge is 0.380 e. The third kappa shape index (κ3) is 5.62. The zero-order valence-corrected chi connectivity index (χ0v) is 28.1. The first-order valence-corrected chi connectivity index (χ1v) is 17.2. The minimum Gasteiger partial charge on any atom is -0.380 e. The average molecular weight is 669 g/mol. The maximum absolute atomic E-state index is 9.26. The summed E-state index contributed by atoms with van der Waals surface area (Å²) in [6.07, 6.45) is 10.0. The zero-order valence-electron chi connectivity index (χ0n) is 28.1. The van der Waals surface area contributed by atoms with Crippen LogP contribution in [0.15, 0.2) is 158 Å². The zero-order chi connectivity index (χ0) is 35.0. The maximum Gasteiger partial charge on any atom is 0.0900 e. The van der Waals surface area contributed by atoms with Gasteiger partial charge in [-0.1, -0.05) is 115 Å². The quantitative estimate of drug-likeness (QED) is 0.164. The smallest absolute Gasteiger partial charge is 0.0900 e. The van der Waals surface area contributed by atoms with Crippen molar-refractivity contribution in [3.63, 3.8) is 0 Å². The Morgan fingerprint density at radius 3 is 1.96 bits per heavy atom. The molecule has 0 saturated carbocycles. The molecule has 0 radical (unpaired) electrons. The van der Waals surface area contributed by atoms with Gasteiger partial charge in [0.15, 0.2) is 0 Å². The Morgan fingerprint density at radius 1 is 0.558 bits per heavy atom. The molecule has 0 fully saturated rings. The molecule has 1 aliphatic heterocycles. The van der Waals surface area contributed by atoms with E-state index in [1.807, 2.05) is 72.8 Å². The van der Waals surface area contributed by atoms with Gasteiger partial charge in [-0.2, -0.15) is 0 Å². The van der Waals surface area contributed by atoms with Gasteiger partial charge in [-0.3, -0.25) is 15.8 Å². The van der Waals surface area contributed by atoms with Crippen LogP contribution in [0.5, 0.6) is 0 Å². The molecule has 0 bridgehead atoms. The molecule has 0 atom stereocenters. The van der Waals surface area contributed by atoms with Crippen molar-refractivity contribution in [2.45, 2.75) is 0 Å². The summed E-state index contributed by atoms with van der Waals surface area (Å²) < 4.78 is 0. The Kier molecular flexibility index (Phi) is 7.75. The standard InChI is InChI=1S/C46H32N6/c47-44-36(31-11-3-1-4-12-31)28-37-43(45(44)48)35-22-21-33(25-40(35)52-46(37)32-13-5-2-6-14-32)29-17-19-30(20-18-29)34-26-41(38-15-7-9-23-49-38)51-42(27-34)39-16-8-10-24-50-39/h1-23,25-28,47-48,50H,24H2. The Balaban J connectivity index is 1.14. The van der Waals surface area contributed by atoms with Gasteiger partial charge in [0.25, 0.3) is 0 Å². The molecule has 0 amide bonds. The molecular formula is C46H32N6. The van der Waals surface area contributed by atoms with Crippen molar-refractivity contribution < 1.29 is 0 Å². The fourth-order valence-electron chi connectivity index (χ4n) is 6.98. The lowest BCUT2D eigenvalue weighted by Gasteiger charge is -2.23. The fraction of sp³-hybridized carbons (Fsp3) is 0.0217. The van der Waals surface area contributed by atoms with E-state index in [2.05, 4.69) is 95.3 Å². The summed E-state index contributed by atoms with van der Waals surface area (Å²) in [5, 5.41) is 22.6. The molecule has 1 aliphatic carbocycles. The van der Waals surface area contributed by atoms with Crippen molar-refractivity contribution in [1.82, 2.24) is 20.3 Å². The second-order valence-electron chi connectivity index (χ2n) is 12.8. The second kappa shape index (κ2) is 13.0. The van der Waals surface area contributed by atoms with E-state index in [1.54, 1.807) is 6.20 Å². The van der Waals surface area contributed by atoms with Crippen molar-refractivity contribution >= 4 is 39.7 Å². The minimum atomic E-state index is 0.204. The van der Waals surface area contributed by atoms with Crippen LogP contribution in [0, 0.1) is 10.8 Å². The molecule has 246 valence electrons. The lowest BCUT2D eigenvalue weighted by Crippen LogP contribution is -2.21. The topological polar surface area (TPSA) is 98.4 Å². The number of fused-ring (bicyclic) bond motifs is 3. The van der Waals surface area contributed by atoms with Gasteiger partial charge in [0.2, 0.25) is 0 Å². The minimum absolute atomic E-state index is 0.204. The molecular weight excluding hydrogens is 637 g/mol. The highest BCUT2D eigenvalue weighted by Crippen LogP contribution is 2.39.